The fourth-order valence-corrected chi connectivity index (χ4v) is 2.82. The number of hydrogen-bond donors (Lipinski definition) is 0. The van der Waals surface area contributed by atoms with Crippen LogP contribution in [0.15, 0.2) is 22.9 Å². The molecule has 1 aromatic rings. The Bertz CT molecular complexity index is 337. The monoisotopic (exact) mass is 296 g/mol. The van der Waals surface area contributed by atoms with Crippen LogP contribution in [0.2, 0.25) is 0 Å². The number of halogens is 1. The van der Waals surface area contributed by atoms with Crippen LogP contribution in [0.25, 0.3) is 0 Å². The molecule has 0 amide bonds. The lowest BCUT2D eigenvalue weighted by molar-refractivity contribution is 0.146. The number of likely N-dealkylation sites (tertiary alicyclic amines) is 1. The van der Waals surface area contributed by atoms with Crippen LogP contribution < -0.4 is 0 Å². The van der Waals surface area contributed by atoms with Crippen molar-refractivity contribution in [1.29, 1.82) is 0 Å². The Balaban J connectivity index is 2.07. The van der Waals surface area contributed by atoms with Gasteiger partial charge in [0.05, 0.1) is 0 Å². The van der Waals surface area contributed by atoms with Crippen LogP contribution in [0.4, 0.5) is 0 Å². The van der Waals surface area contributed by atoms with Crippen molar-refractivity contribution in [3.8, 4) is 0 Å². The molecule has 0 radical (unpaired) electrons. The minimum Gasteiger partial charge on any atom is -0.296 e. The predicted molar refractivity (Wildman–Crippen MR) is 75.0 cm³/mol. The molecular formula is C14H21BrN2. The van der Waals surface area contributed by atoms with Gasteiger partial charge in [0.25, 0.3) is 0 Å². The van der Waals surface area contributed by atoms with Crippen LogP contribution in [0.3, 0.4) is 0 Å². The molecule has 1 saturated heterocycles. The van der Waals surface area contributed by atoms with E-state index in [1.165, 1.54) is 50.8 Å². The zero-order valence-electron chi connectivity index (χ0n) is 10.5. The van der Waals surface area contributed by atoms with E-state index in [-0.39, 0.29) is 0 Å². The largest absolute Gasteiger partial charge is 0.296 e. The summed E-state index contributed by atoms with van der Waals surface area (Å²) in [5.41, 5.74) is 1.38. The molecule has 1 atom stereocenters. The highest BCUT2D eigenvalue weighted by Crippen LogP contribution is 2.30. The lowest BCUT2D eigenvalue weighted by atomic mass is 9.96. The quantitative estimate of drug-likeness (QED) is 0.775. The maximum atomic E-state index is 4.36. The van der Waals surface area contributed by atoms with E-state index < -0.39 is 0 Å². The molecule has 0 aromatic carbocycles. The molecule has 2 nitrogen and oxygen atoms in total. The smallest absolute Gasteiger partial charge is 0.106 e. The maximum Gasteiger partial charge on any atom is 0.106 e. The fraction of sp³-hybridized carbons (Fsp3) is 0.643. The van der Waals surface area contributed by atoms with E-state index in [2.05, 4.69) is 44.9 Å². The van der Waals surface area contributed by atoms with Gasteiger partial charge < -0.3 is 0 Å². The Hall–Kier alpha value is -0.410. The normalized spacial score (nSPS) is 21.6. The summed E-state index contributed by atoms with van der Waals surface area (Å²) in [6, 6.07) is 4.87. The number of pyridine rings is 1. The van der Waals surface area contributed by atoms with Crippen LogP contribution in [0.5, 0.6) is 0 Å². The third-order valence-electron chi connectivity index (χ3n) is 3.55. The second-order valence-electron chi connectivity index (χ2n) is 4.82. The first-order chi connectivity index (χ1) is 8.31. The molecule has 2 rings (SSSR count). The second-order valence-corrected chi connectivity index (χ2v) is 5.63. The van der Waals surface area contributed by atoms with Gasteiger partial charge in [0, 0.05) is 12.2 Å². The molecule has 17 heavy (non-hydrogen) atoms. The maximum absolute atomic E-state index is 4.36. The first kappa shape index (κ1) is 13.0. The molecule has 1 aliphatic heterocycles. The van der Waals surface area contributed by atoms with E-state index in [0.717, 1.165) is 4.60 Å². The summed E-state index contributed by atoms with van der Waals surface area (Å²) < 4.78 is 0.928. The number of nitrogens with zero attached hydrogens (tertiary/aromatic N) is 2. The summed E-state index contributed by atoms with van der Waals surface area (Å²) >= 11 is 3.40. The van der Waals surface area contributed by atoms with E-state index in [1.807, 2.05) is 6.20 Å². The van der Waals surface area contributed by atoms with Crippen LogP contribution in [-0.4, -0.2) is 23.0 Å². The molecule has 0 bridgehead atoms. The number of hydrogen-bond acceptors (Lipinski definition) is 2. The number of rotatable bonds is 4. The highest BCUT2D eigenvalue weighted by molar-refractivity contribution is 9.10. The van der Waals surface area contributed by atoms with Gasteiger partial charge in [0.1, 0.15) is 4.60 Å². The predicted octanol–water partition coefficient (Wildman–Crippen LogP) is 4.17. The number of piperidine rings is 1. The molecule has 94 valence electrons. The summed E-state index contributed by atoms with van der Waals surface area (Å²) in [7, 11) is 0. The summed E-state index contributed by atoms with van der Waals surface area (Å²) in [4.78, 5) is 7.00. The highest BCUT2D eigenvalue weighted by atomic mass is 79.9. The molecular weight excluding hydrogens is 276 g/mol. The van der Waals surface area contributed by atoms with E-state index in [4.69, 9.17) is 0 Å². The third kappa shape index (κ3) is 3.52. The van der Waals surface area contributed by atoms with Gasteiger partial charge >= 0.3 is 0 Å². The summed E-state index contributed by atoms with van der Waals surface area (Å²) in [5, 5.41) is 0. The zero-order chi connectivity index (χ0) is 12.1. The van der Waals surface area contributed by atoms with E-state index in [1.54, 1.807) is 0 Å². The standard InChI is InChI=1S/C14H21BrN2/c1-2-3-9-17-10-5-4-6-13(17)12-7-8-14(15)16-11-12/h7-8,11,13H,2-6,9-10H2,1H3. The van der Waals surface area contributed by atoms with Crippen molar-refractivity contribution in [2.45, 2.75) is 45.1 Å². The highest BCUT2D eigenvalue weighted by Gasteiger charge is 2.23. The van der Waals surface area contributed by atoms with Gasteiger partial charge in [-0.3, -0.25) is 4.90 Å². The van der Waals surface area contributed by atoms with Crippen LogP contribution in [0.1, 0.15) is 50.6 Å². The van der Waals surface area contributed by atoms with Crippen molar-refractivity contribution in [3.63, 3.8) is 0 Å². The lowest BCUT2D eigenvalue weighted by Crippen LogP contribution is -2.34. The van der Waals surface area contributed by atoms with Crippen molar-refractivity contribution < 1.29 is 0 Å². The second kappa shape index (κ2) is 6.50. The zero-order valence-corrected chi connectivity index (χ0v) is 12.1. The molecule has 0 aliphatic carbocycles. The van der Waals surface area contributed by atoms with Crippen molar-refractivity contribution in [2.75, 3.05) is 13.1 Å². The number of aromatic nitrogens is 1. The molecule has 1 aliphatic rings. The molecule has 0 spiro atoms. The molecule has 0 N–H and O–H groups in total. The van der Waals surface area contributed by atoms with Gasteiger partial charge in [-0.25, -0.2) is 4.98 Å². The Morgan fingerprint density at radius 3 is 3.00 bits per heavy atom. The molecule has 2 heterocycles. The van der Waals surface area contributed by atoms with Crippen LogP contribution in [0, 0.1) is 0 Å². The summed E-state index contributed by atoms with van der Waals surface area (Å²) in [6.45, 7) is 4.75. The van der Waals surface area contributed by atoms with Gasteiger partial charge in [-0.05, 0) is 59.9 Å². The average molecular weight is 297 g/mol. The lowest BCUT2D eigenvalue weighted by Gasteiger charge is -2.35. The van der Waals surface area contributed by atoms with E-state index >= 15 is 0 Å². The van der Waals surface area contributed by atoms with Crippen molar-refractivity contribution >= 4 is 15.9 Å². The van der Waals surface area contributed by atoms with Crippen molar-refractivity contribution in [1.82, 2.24) is 9.88 Å². The molecule has 1 unspecified atom stereocenters. The molecule has 0 saturated carbocycles. The third-order valence-corrected chi connectivity index (χ3v) is 4.02. The fourth-order valence-electron chi connectivity index (χ4n) is 2.58. The van der Waals surface area contributed by atoms with Crippen LogP contribution in [-0.2, 0) is 0 Å². The van der Waals surface area contributed by atoms with Crippen molar-refractivity contribution in [2.24, 2.45) is 0 Å². The molecule has 3 heteroatoms. The van der Waals surface area contributed by atoms with E-state index in [0.29, 0.717) is 6.04 Å². The number of unbranched alkanes of at least 4 members (excludes halogenated alkanes) is 1. The summed E-state index contributed by atoms with van der Waals surface area (Å²) in [5.74, 6) is 0. The first-order valence-corrected chi connectivity index (χ1v) is 7.46. The Morgan fingerprint density at radius 1 is 1.41 bits per heavy atom. The average Bonchev–Trinajstić information content (AvgIpc) is 2.38. The molecule has 1 aromatic heterocycles. The van der Waals surface area contributed by atoms with Gasteiger partial charge in [0.2, 0.25) is 0 Å². The minimum atomic E-state index is 0.593. The Kier molecular flexibility index (Phi) is 4.99. The SMILES string of the molecule is CCCCN1CCCCC1c1ccc(Br)nc1. The Labute approximate surface area is 113 Å². The van der Waals surface area contributed by atoms with E-state index in [9.17, 15) is 0 Å². The van der Waals surface area contributed by atoms with Crippen molar-refractivity contribution in [3.05, 3.63) is 28.5 Å². The minimum absolute atomic E-state index is 0.593. The van der Waals surface area contributed by atoms with Crippen LogP contribution >= 0.6 is 15.9 Å². The van der Waals surface area contributed by atoms with Gasteiger partial charge in [0.15, 0.2) is 0 Å². The van der Waals surface area contributed by atoms with Gasteiger partial charge in [-0.15, -0.1) is 0 Å². The molecule has 1 fully saturated rings. The van der Waals surface area contributed by atoms with Gasteiger partial charge in [-0.1, -0.05) is 25.8 Å². The first-order valence-electron chi connectivity index (χ1n) is 6.66. The topological polar surface area (TPSA) is 16.1 Å². The summed E-state index contributed by atoms with van der Waals surface area (Å²) in [6.07, 6.45) is 8.60. The Morgan fingerprint density at radius 2 is 2.29 bits per heavy atom. The van der Waals surface area contributed by atoms with Gasteiger partial charge in [-0.2, -0.15) is 0 Å².